The van der Waals surface area contributed by atoms with Gasteiger partial charge in [0.1, 0.15) is 17.1 Å². The van der Waals surface area contributed by atoms with Gasteiger partial charge in [0.05, 0.1) is 26.0 Å². The number of rotatable bonds is 4. The molecule has 2 aromatic rings. The van der Waals surface area contributed by atoms with Crippen molar-refractivity contribution < 1.29 is 27.4 Å². The number of carbonyl (C=O) groups is 1. The summed E-state index contributed by atoms with van der Waals surface area (Å²) in [7, 11) is 1.49. The number of halogens is 3. The molecule has 0 fully saturated rings. The van der Waals surface area contributed by atoms with Crippen LogP contribution < -0.4 is 10.1 Å². The van der Waals surface area contributed by atoms with Gasteiger partial charge < -0.3 is 14.8 Å². The Hall–Kier alpha value is -2.71. The van der Waals surface area contributed by atoms with E-state index in [-0.39, 0.29) is 24.4 Å². The number of nitrogens with one attached hydrogen (secondary N) is 1. The van der Waals surface area contributed by atoms with Crippen LogP contribution in [0.4, 0.5) is 19.0 Å². The molecule has 0 amide bonds. The number of hydrogen-bond donors (Lipinski definition) is 1. The number of alkyl halides is 3. The van der Waals surface area contributed by atoms with Crippen molar-refractivity contribution in [1.82, 2.24) is 9.78 Å². The number of benzene rings is 1. The van der Waals surface area contributed by atoms with E-state index in [9.17, 15) is 18.0 Å². The van der Waals surface area contributed by atoms with Crippen LogP contribution in [0.1, 0.15) is 41.3 Å². The summed E-state index contributed by atoms with van der Waals surface area (Å²) in [4.78, 5) is 12.1. The molecule has 0 aliphatic carbocycles. The number of anilines is 1. The minimum atomic E-state index is -4.51. The Morgan fingerprint density at radius 2 is 2.19 bits per heavy atom. The van der Waals surface area contributed by atoms with Crippen LogP contribution in [0.15, 0.2) is 30.5 Å². The van der Waals surface area contributed by atoms with Crippen molar-refractivity contribution >= 4 is 11.8 Å². The molecule has 3 rings (SSSR count). The third-order valence-corrected chi connectivity index (χ3v) is 4.23. The standard InChI is InChI=1S/C17H18F3N3O3/c1-3-26-16(24)12-9-21-23-14(17(18,19)20)8-13(22-15(12)23)10-5-4-6-11(7-10)25-2/h4-7,9,13-14,22H,3,8H2,1-2H3. The SMILES string of the molecule is CCOC(=O)c1cnn2c1NC(c1cccc(OC)c1)CC2C(F)(F)F. The van der Waals surface area contributed by atoms with Gasteiger partial charge >= 0.3 is 12.1 Å². The molecule has 0 saturated heterocycles. The lowest BCUT2D eigenvalue weighted by atomic mass is 9.96. The molecule has 6 nitrogen and oxygen atoms in total. The van der Waals surface area contributed by atoms with Crippen LogP contribution >= 0.6 is 0 Å². The van der Waals surface area contributed by atoms with Crippen molar-refractivity contribution in [2.24, 2.45) is 0 Å². The van der Waals surface area contributed by atoms with Crippen molar-refractivity contribution in [3.8, 4) is 5.75 Å². The number of ether oxygens (including phenoxy) is 2. The highest BCUT2D eigenvalue weighted by Gasteiger charge is 2.47. The fourth-order valence-corrected chi connectivity index (χ4v) is 3.00. The maximum absolute atomic E-state index is 13.6. The first-order chi connectivity index (χ1) is 12.3. The van der Waals surface area contributed by atoms with Crippen LogP contribution in [-0.4, -0.2) is 35.6 Å². The number of carbonyl (C=O) groups excluding carboxylic acids is 1. The lowest BCUT2D eigenvalue weighted by Gasteiger charge is -2.34. The first kappa shape index (κ1) is 18.1. The molecule has 0 bridgehead atoms. The highest BCUT2D eigenvalue weighted by atomic mass is 19.4. The fourth-order valence-electron chi connectivity index (χ4n) is 3.00. The Labute approximate surface area is 147 Å². The zero-order valence-corrected chi connectivity index (χ0v) is 14.2. The molecule has 26 heavy (non-hydrogen) atoms. The third-order valence-electron chi connectivity index (χ3n) is 4.23. The Morgan fingerprint density at radius 3 is 2.85 bits per heavy atom. The van der Waals surface area contributed by atoms with E-state index in [0.717, 1.165) is 10.9 Å². The summed E-state index contributed by atoms with van der Waals surface area (Å²) in [6.07, 6.45) is -3.66. The fraction of sp³-hybridized carbons (Fsp3) is 0.412. The second-order valence-corrected chi connectivity index (χ2v) is 5.84. The Balaban J connectivity index is 2.03. The Kier molecular flexibility index (Phi) is 4.80. The maximum Gasteiger partial charge on any atom is 0.410 e. The molecule has 1 aromatic carbocycles. The molecule has 9 heteroatoms. The molecule has 2 heterocycles. The topological polar surface area (TPSA) is 65.4 Å². The van der Waals surface area contributed by atoms with E-state index >= 15 is 0 Å². The first-order valence-corrected chi connectivity index (χ1v) is 8.07. The number of fused-ring (bicyclic) bond motifs is 1. The summed E-state index contributed by atoms with van der Waals surface area (Å²) in [5.74, 6) is -0.170. The van der Waals surface area contributed by atoms with Gasteiger partial charge in [0.2, 0.25) is 0 Å². The second-order valence-electron chi connectivity index (χ2n) is 5.84. The van der Waals surface area contributed by atoms with Crippen LogP contribution in [0.25, 0.3) is 0 Å². The lowest BCUT2D eigenvalue weighted by molar-refractivity contribution is -0.173. The minimum absolute atomic E-state index is 0.00449. The zero-order chi connectivity index (χ0) is 18.9. The molecule has 2 atom stereocenters. The highest BCUT2D eigenvalue weighted by molar-refractivity contribution is 5.94. The molecule has 2 unspecified atom stereocenters. The average molecular weight is 369 g/mol. The van der Waals surface area contributed by atoms with Gasteiger partial charge in [-0.1, -0.05) is 12.1 Å². The van der Waals surface area contributed by atoms with Crippen LogP contribution in [0.2, 0.25) is 0 Å². The van der Waals surface area contributed by atoms with Gasteiger partial charge in [-0.15, -0.1) is 0 Å². The van der Waals surface area contributed by atoms with E-state index in [0.29, 0.717) is 11.3 Å². The molecule has 1 aliphatic rings. The zero-order valence-electron chi connectivity index (χ0n) is 14.2. The number of esters is 1. The summed E-state index contributed by atoms with van der Waals surface area (Å²) in [5.41, 5.74) is 0.606. The molecular formula is C17H18F3N3O3. The van der Waals surface area contributed by atoms with E-state index in [1.807, 2.05) is 0 Å². The van der Waals surface area contributed by atoms with Crippen molar-refractivity contribution in [2.75, 3.05) is 19.0 Å². The van der Waals surface area contributed by atoms with E-state index in [1.165, 1.54) is 7.11 Å². The molecule has 140 valence electrons. The molecule has 1 aromatic heterocycles. The molecule has 0 radical (unpaired) electrons. The summed E-state index contributed by atoms with van der Waals surface area (Å²) in [6, 6.07) is 4.29. The normalized spacial score (nSPS) is 19.4. The highest BCUT2D eigenvalue weighted by Crippen LogP contribution is 2.44. The molecule has 1 N–H and O–H groups in total. The summed E-state index contributed by atoms with van der Waals surface area (Å²) < 4.78 is 51.6. The summed E-state index contributed by atoms with van der Waals surface area (Å²) >= 11 is 0. The van der Waals surface area contributed by atoms with Gasteiger partial charge in [0.25, 0.3) is 0 Å². The monoisotopic (exact) mass is 369 g/mol. The van der Waals surface area contributed by atoms with E-state index < -0.39 is 24.2 Å². The largest absolute Gasteiger partial charge is 0.497 e. The Bertz CT molecular complexity index is 804. The maximum atomic E-state index is 13.6. The summed E-state index contributed by atoms with van der Waals surface area (Å²) in [5, 5.41) is 6.78. The number of nitrogens with zero attached hydrogens (tertiary/aromatic N) is 2. The quantitative estimate of drug-likeness (QED) is 0.832. The van der Waals surface area contributed by atoms with Crippen LogP contribution in [0.3, 0.4) is 0 Å². The van der Waals surface area contributed by atoms with Gasteiger partial charge in [-0.3, -0.25) is 0 Å². The summed E-state index contributed by atoms with van der Waals surface area (Å²) in [6.45, 7) is 1.74. The van der Waals surface area contributed by atoms with Crippen molar-refractivity contribution in [3.05, 3.63) is 41.6 Å². The second kappa shape index (κ2) is 6.89. The third kappa shape index (κ3) is 3.33. The van der Waals surface area contributed by atoms with Crippen LogP contribution in [0.5, 0.6) is 5.75 Å². The van der Waals surface area contributed by atoms with Crippen molar-refractivity contribution in [3.63, 3.8) is 0 Å². The van der Waals surface area contributed by atoms with E-state index in [2.05, 4.69) is 10.4 Å². The first-order valence-electron chi connectivity index (χ1n) is 8.07. The van der Waals surface area contributed by atoms with Gasteiger partial charge in [-0.2, -0.15) is 18.3 Å². The van der Waals surface area contributed by atoms with Gasteiger partial charge in [0.15, 0.2) is 6.04 Å². The van der Waals surface area contributed by atoms with Gasteiger partial charge in [-0.25, -0.2) is 9.48 Å². The smallest absolute Gasteiger partial charge is 0.410 e. The van der Waals surface area contributed by atoms with E-state index in [4.69, 9.17) is 9.47 Å². The van der Waals surface area contributed by atoms with Crippen LogP contribution in [-0.2, 0) is 4.74 Å². The molecule has 0 spiro atoms. The molecular weight excluding hydrogens is 351 g/mol. The predicted octanol–water partition coefficient (Wildman–Crippen LogP) is 3.73. The minimum Gasteiger partial charge on any atom is -0.497 e. The van der Waals surface area contributed by atoms with Crippen molar-refractivity contribution in [1.29, 1.82) is 0 Å². The predicted molar refractivity (Wildman–Crippen MR) is 87.3 cm³/mol. The van der Waals surface area contributed by atoms with Crippen molar-refractivity contribution in [2.45, 2.75) is 31.6 Å². The van der Waals surface area contributed by atoms with Crippen LogP contribution in [0, 0.1) is 0 Å². The van der Waals surface area contributed by atoms with Gasteiger partial charge in [0, 0.05) is 6.42 Å². The van der Waals surface area contributed by atoms with E-state index in [1.54, 1.807) is 31.2 Å². The molecule has 1 aliphatic heterocycles. The number of aromatic nitrogens is 2. The number of hydrogen-bond acceptors (Lipinski definition) is 5. The lowest BCUT2D eigenvalue weighted by Crippen LogP contribution is -2.36. The molecule has 0 saturated carbocycles. The Morgan fingerprint density at radius 1 is 1.42 bits per heavy atom. The van der Waals surface area contributed by atoms with Gasteiger partial charge in [-0.05, 0) is 24.6 Å². The average Bonchev–Trinajstić information content (AvgIpc) is 3.04. The number of methoxy groups -OCH3 is 1.